The van der Waals surface area contributed by atoms with E-state index < -0.39 is 0 Å². The van der Waals surface area contributed by atoms with E-state index in [0.717, 1.165) is 6.54 Å². The molecule has 1 N–H and O–H groups in total. The summed E-state index contributed by atoms with van der Waals surface area (Å²) in [5.41, 5.74) is 0. The molecule has 0 bridgehead atoms. The van der Waals surface area contributed by atoms with Crippen LogP contribution in [0.1, 0.15) is 11.8 Å². The van der Waals surface area contributed by atoms with E-state index in [1.165, 1.54) is 10.9 Å². The summed E-state index contributed by atoms with van der Waals surface area (Å²) in [4.78, 5) is 1.29. The van der Waals surface area contributed by atoms with Crippen molar-refractivity contribution in [2.45, 2.75) is 19.6 Å². The van der Waals surface area contributed by atoms with Gasteiger partial charge < -0.3 is 10.1 Å². The molecule has 1 aromatic heterocycles. The van der Waals surface area contributed by atoms with E-state index in [9.17, 15) is 4.39 Å². The lowest BCUT2D eigenvalue weighted by Gasteiger charge is -2.15. The molecule has 2 rings (SSSR count). The maximum atomic E-state index is 13.4. The maximum Gasteiger partial charge on any atom is 0.165 e. The summed E-state index contributed by atoms with van der Waals surface area (Å²) in [6.07, 6.45) is -0.0677. The predicted molar refractivity (Wildman–Crippen MR) is 72.5 cm³/mol. The normalized spacial score (nSPS) is 12.3. The summed E-state index contributed by atoms with van der Waals surface area (Å²) in [6, 6.07) is 10.6. The second kappa shape index (κ2) is 6.52. The van der Waals surface area contributed by atoms with Gasteiger partial charge in [0.1, 0.15) is 6.10 Å². The summed E-state index contributed by atoms with van der Waals surface area (Å²) in [5, 5.41) is 5.34. The van der Waals surface area contributed by atoms with Crippen LogP contribution in [0.3, 0.4) is 0 Å². The highest BCUT2D eigenvalue weighted by molar-refractivity contribution is 7.09. The molecule has 18 heavy (non-hydrogen) atoms. The first-order valence-corrected chi connectivity index (χ1v) is 6.78. The van der Waals surface area contributed by atoms with E-state index in [1.54, 1.807) is 29.5 Å². The summed E-state index contributed by atoms with van der Waals surface area (Å²) in [6.45, 7) is 3.43. The summed E-state index contributed by atoms with van der Waals surface area (Å²) < 4.78 is 18.9. The first kappa shape index (κ1) is 13.1. The molecule has 0 amide bonds. The van der Waals surface area contributed by atoms with Gasteiger partial charge in [0.25, 0.3) is 0 Å². The number of halogens is 1. The van der Waals surface area contributed by atoms with Crippen LogP contribution in [-0.2, 0) is 6.54 Å². The molecule has 0 aliphatic carbocycles. The minimum Gasteiger partial charge on any atom is -0.486 e. The van der Waals surface area contributed by atoms with Crippen LogP contribution in [-0.4, -0.2) is 12.6 Å². The fourth-order valence-electron chi connectivity index (χ4n) is 1.61. The van der Waals surface area contributed by atoms with Crippen LogP contribution in [0, 0.1) is 5.82 Å². The Morgan fingerprint density at radius 2 is 2.11 bits per heavy atom. The lowest BCUT2D eigenvalue weighted by molar-refractivity contribution is 0.207. The highest BCUT2D eigenvalue weighted by Crippen LogP contribution is 2.16. The predicted octanol–water partition coefficient (Wildman–Crippen LogP) is 3.44. The van der Waals surface area contributed by atoms with Crippen LogP contribution >= 0.6 is 11.3 Å². The molecule has 1 unspecified atom stereocenters. The summed E-state index contributed by atoms with van der Waals surface area (Å²) in [7, 11) is 0. The Hall–Kier alpha value is -1.39. The van der Waals surface area contributed by atoms with Crippen LogP contribution in [0.2, 0.25) is 0 Å². The zero-order chi connectivity index (χ0) is 12.8. The van der Waals surface area contributed by atoms with Crippen molar-refractivity contribution in [1.82, 2.24) is 5.32 Å². The Bertz CT molecular complexity index is 472. The number of benzene rings is 1. The lowest BCUT2D eigenvalue weighted by Crippen LogP contribution is -2.28. The fourth-order valence-corrected chi connectivity index (χ4v) is 2.28. The van der Waals surface area contributed by atoms with Crippen molar-refractivity contribution >= 4 is 11.3 Å². The van der Waals surface area contributed by atoms with Crippen LogP contribution in [0.5, 0.6) is 5.75 Å². The molecule has 1 atom stereocenters. The molecular weight excluding hydrogens is 249 g/mol. The van der Waals surface area contributed by atoms with Crippen molar-refractivity contribution in [3.05, 3.63) is 52.5 Å². The van der Waals surface area contributed by atoms with E-state index in [-0.39, 0.29) is 11.9 Å². The van der Waals surface area contributed by atoms with Gasteiger partial charge in [-0.3, -0.25) is 0 Å². The third kappa shape index (κ3) is 3.82. The van der Waals surface area contributed by atoms with Crippen molar-refractivity contribution < 1.29 is 9.13 Å². The SMILES string of the molecule is CC(CNCc1cccs1)Oc1ccccc1F. The minimum absolute atomic E-state index is 0.0677. The Labute approximate surface area is 110 Å². The third-order valence-corrected chi connectivity index (χ3v) is 3.35. The molecule has 0 spiro atoms. The van der Waals surface area contributed by atoms with Gasteiger partial charge in [0.15, 0.2) is 11.6 Å². The number of rotatable bonds is 6. The molecule has 2 nitrogen and oxygen atoms in total. The van der Waals surface area contributed by atoms with Gasteiger partial charge in [-0.15, -0.1) is 11.3 Å². The molecule has 1 heterocycles. The molecule has 0 radical (unpaired) electrons. The van der Waals surface area contributed by atoms with Crippen molar-refractivity contribution in [3.8, 4) is 5.75 Å². The zero-order valence-corrected chi connectivity index (χ0v) is 11.0. The average Bonchev–Trinajstić information content (AvgIpc) is 2.85. The van der Waals surface area contributed by atoms with E-state index in [0.29, 0.717) is 12.3 Å². The van der Waals surface area contributed by atoms with Gasteiger partial charge in [-0.05, 0) is 30.5 Å². The largest absolute Gasteiger partial charge is 0.486 e. The van der Waals surface area contributed by atoms with Gasteiger partial charge in [-0.25, -0.2) is 4.39 Å². The van der Waals surface area contributed by atoms with Gasteiger partial charge in [0, 0.05) is 18.0 Å². The minimum atomic E-state index is -0.317. The van der Waals surface area contributed by atoms with Gasteiger partial charge in [-0.2, -0.15) is 0 Å². The molecule has 2 aromatic rings. The molecule has 0 aliphatic rings. The summed E-state index contributed by atoms with van der Waals surface area (Å²) >= 11 is 1.72. The highest BCUT2D eigenvalue weighted by atomic mass is 32.1. The van der Waals surface area contributed by atoms with Gasteiger partial charge in [0.05, 0.1) is 0 Å². The third-order valence-electron chi connectivity index (χ3n) is 2.48. The molecule has 96 valence electrons. The van der Waals surface area contributed by atoms with Crippen LogP contribution in [0.25, 0.3) is 0 Å². The fraction of sp³-hybridized carbons (Fsp3) is 0.286. The first-order chi connectivity index (χ1) is 8.75. The number of thiophene rings is 1. The number of para-hydroxylation sites is 1. The Morgan fingerprint density at radius 1 is 1.28 bits per heavy atom. The van der Waals surface area contributed by atoms with Crippen LogP contribution < -0.4 is 10.1 Å². The zero-order valence-electron chi connectivity index (χ0n) is 10.2. The molecule has 0 saturated heterocycles. The molecule has 0 aliphatic heterocycles. The maximum absolute atomic E-state index is 13.4. The topological polar surface area (TPSA) is 21.3 Å². The lowest BCUT2D eigenvalue weighted by atomic mass is 10.3. The molecule has 4 heteroatoms. The van der Waals surface area contributed by atoms with Gasteiger partial charge >= 0.3 is 0 Å². The van der Waals surface area contributed by atoms with Crippen molar-refractivity contribution in [3.63, 3.8) is 0 Å². The second-order valence-electron chi connectivity index (χ2n) is 4.07. The molecule has 0 saturated carbocycles. The smallest absolute Gasteiger partial charge is 0.165 e. The van der Waals surface area contributed by atoms with E-state index >= 15 is 0 Å². The average molecular weight is 265 g/mol. The highest BCUT2D eigenvalue weighted by Gasteiger charge is 2.07. The van der Waals surface area contributed by atoms with Gasteiger partial charge in [-0.1, -0.05) is 18.2 Å². The first-order valence-electron chi connectivity index (χ1n) is 5.90. The van der Waals surface area contributed by atoms with Crippen molar-refractivity contribution in [2.75, 3.05) is 6.54 Å². The monoisotopic (exact) mass is 265 g/mol. The number of hydrogen-bond acceptors (Lipinski definition) is 3. The molecule has 1 aromatic carbocycles. The Balaban J connectivity index is 1.75. The van der Waals surface area contributed by atoms with Gasteiger partial charge in [0.2, 0.25) is 0 Å². The Morgan fingerprint density at radius 3 is 2.83 bits per heavy atom. The number of ether oxygens (including phenoxy) is 1. The van der Waals surface area contributed by atoms with E-state index in [4.69, 9.17) is 4.74 Å². The summed E-state index contributed by atoms with van der Waals surface area (Å²) in [5.74, 6) is -0.00877. The standard InChI is InChI=1S/C14H16FNOS/c1-11(9-16-10-12-5-4-8-18-12)17-14-7-3-2-6-13(14)15/h2-8,11,16H,9-10H2,1H3. The van der Waals surface area contributed by atoms with Crippen LogP contribution in [0.15, 0.2) is 41.8 Å². The van der Waals surface area contributed by atoms with Crippen molar-refractivity contribution in [2.24, 2.45) is 0 Å². The number of nitrogens with one attached hydrogen (secondary N) is 1. The quantitative estimate of drug-likeness (QED) is 0.864. The van der Waals surface area contributed by atoms with Crippen LogP contribution in [0.4, 0.5) is 4.39 Å². The van der Waals surface area contributed by atoms with E-state index in [2.05, 4.69) is 16.8 Å². The Kier molecular flexibility index (Phi) is 4.73. The number of hydrogen-bond donors (Lipinski definition) is 1. The van der Waals surface area contributed by atoms with E-state index in [1.807, 2.05) is 13.0 Å². The van der Waals surface area contributed by atoms with Crippen molar-refractivity contribution in [1.29, 1.82) is 0 Å². The second-order valence-corrected chi connectivity index (χ2v) is 5.10. The molecule has 0 fully saturated rings. The molecular formula is C14H16FNOS.